The number of azo groups is 1. The molecule has 3 heteroatoms. The topological polar surface area (TPSA) is 24.7 Å². The number of alkyl halides is 1. The fourth-order valence-electron chi connectivity index (χ4n) is 0.671. The first-order chi connectivity index (χ1) is 5.58. The van der Waals surface area contributed by atoms with Gasteiger partial charge in [-0.05, 0) is 26.0 Å². The van der Waals surface area contributed by atoms with Gasteiger partial charge in [0.2, 0.25) is 5.79 Å². The molecule has 0 bridgehead atoms. The van der Waals surface area contributed by atoms with Crippen molar-refractivity contribution in [1.29, 1.82) is 0 Å². The van der Waals surface area contributed by atoms with Crippen molar-refractivity contribution < 1.29 is 4.39 Å². The Hall–Kier alpha value is -1.25. The van der Waals surface area contributed by atoms with Crippen molar-refractivity contribution in [3.05, 3.63) is 30.3 Å². The van der Waals surface area contributed by atoms with Crippen LogP contribution in [0.5, 0.6) is 0 Å². The van der Waals surface area contributed by atoms with Crippen LogP contribution < -0.4 is 0 Å². The summed E-state index contributed by atoms with van der Waals surface area (Å²) in [6, 6.07) is 9.09. The Morgan fingerprint density at radius 2 is 1.75 bits per heavy atom. The SMILES string of the molecule is CC(C)(F)/N=N/c1ccccc1. The van der Waals surface area contributed by atoms with Gasteiger partial charge in [0.25, 0.3) is 0 Å². The number of benzene rings is 1. The smallest absolute Gasteiger partial charge is 0.214 e. The van der Waals surface area contributed by atoms with Crippen LogP contribution >= 0.6 is 0 Å². The van der Waals surface area contributed by atoms with Crippen LogP contribution in [-0.2, 0) is 0 Å². The Labute approximate surface area is 71.1 Å². The van der Waals surface area contributed by atoms with Crippen LogP contribution in [0, 0.1) is 0 Å². The molecule has 0 saturated heterocycles. The van der Waals surface area contributed by atoms with E-state index in [2.05, 4.69) is 10.2 Å². The van der Waals surface area contributed by atoms with Crippen LogP contribution in [0.3, 0.4) is 0 Å². The molecule has 2 nitrogen and oxygen atoms in total. The summed E-state index contributed by atoms with van der Waals surface area (Å²) >= 11 is 0. The Morgan fingerprint density at radius 3 is 2.25 bits per heavy atom. The van der Waals surface area contributed by atoms with Gasteiger partial charge in [-0.15, -0.1) is 5.11 Å². The predicted octanol–water partition coefficient (Wildman–Crippen LogP) is 3.48. The molecule has 0 amide bonds. The van der Waals surface area contributed by atoms with E-state index in [0.29, 0.717) is 5.69 Å². The molecule has 0 radical (unpaired) electrons. The maximum absolute atomic E-state index is 12.8. The van der Waals surface area contributed by atoms with Gasteiger partial charge in [0.05, 0.1) is 5.69 Å². The molecule has 0 aliphatic heterocycles. The Kier molecular flexibility index (Phi) is 2.53. The van der Waals surface area contributed by atoms with Gasteiger partial charge in [-0.1, -0.05) is 18.2 Å². The summed E-state index contributed by atoms with van der Waals surface area (Å²) in [5.74, 6) is -1.59. The van der Waals surface area contributed by atoms with Crippen molar-refractivity contribution in [2.45, 2.75) is 19.6 Å². The average molecular weight is 166 g/mol. The Morgan fingerprint density at radius 1 is 1.17 bits per heavy atom. The van der Waals surface area contributed by atoms with Crippen LogP contribution in [0.4, 0.5) is 10.1 Å². The van der Waals surface area contributed by atoms with Crippen LogP contribution in [0.25, 0.3) is 0 Å². The summed E-state index contributed by atoms with van der Waals surface area (Å²) in [5.41, 5.74) is 0.670. The molecular formula is C9H11FN2. The highest BCUT2D eigenvalue weighted by atomic mass is 19.1. The van der Waals surface area contributed by atoms with Crippen molar-refractivity contribution in [3.8, 4) is 0 Å². The number of halogens is 1. The lowest BCUT2D eigenvalue weighted by Gasteiger charge is -2.03. The molecule has 0 aliphatic carbocycles. The van der Waals surface area contributed by atoms with E-state index in [9.17, 15) is 4.39 Å². The average Bonchev–Trinajstić information content (AvgIpc) is 2.02. The molecule has 0 saturated carbocycles. The van der Waals surface area contributed by atoms with Crippen molar-refractivity contribution in [2.24, 2.45) is 10.2 Å². The number of hydrogen-bond donors (Lipinski definition) is 0. The Balaban J connectivity index is 2.71. The van der Waals surface area contributed by atoms with Gasteiger partial charge in [-0.2, -0.15) is 5.11 Å². The predicted molar refractivity (Wildman–Crippen MR) is 46.1 cm³/mol. The Bertz CT molecular complexity index is 262. The molecule has 1 aromatic carbocycles. The van der Waals surface area contributed by atoms with Crippen molar-refractivity contribution in [3.63, 3.8) is 0 Å². The molecule has 12 heavy (non-hydrogen) atoms. The zero-order chi connectivity index (χ0) is 9.03. The van der Waals surface area contributed by atoms with Gasteiger partial charge >= 0.3 is 0 Å². The first-order valence-electron chi connectivity index (χ1n) is 3.75. The molecule has 0 atom stereocenters. The normalized spacial score (nSPS) is 12.2. The van der Waals surface area contributed by atoms with E-state index in [1.165, 1.54) is 13.8 Å². The maximum atomic E-state index is 12.8. The quantitative estimate of drug-likeness (QED) is 0.474. The van der Waals surface area contributed by atoms with Gasteiger partial charge in [0, 0.05) is 0 Å². The zero-order valence-electron chi connectivity index (χ0n) is 7.16. The minimum atomic E-state index is -1.59. The summed E-state index contributed by atoms with van der Waals surface area (Å²) in [7, 11) is 0. The molecule has 0 aliphatic rings. The van der Waals surface area contributed by atoms with E-state index in [1.54, 1.807) is 12.1 Å². The molecule has 1 rings (SSSR count). The van der Waals surface area contributed by atoms with Gasteiger partial charge in [-0.3, -0.25) is 0 Å². The minimum absolute atomic E-state index is 0.670. The highest BCUT2D eigenvalue weighted by Crippen LogP contribution is 2.16. The van der Waals surface area contributed by atoms with Gasteiger partial charge < -0.3 is 0 Å². The molecule has 0 aromatic heterocycles. The van der Waals surface area contributed by atoms with E-state index in [0.717, 1.165) is 0 Å². The lowest BCUT2D eigenvalue weighted by Crippen LogP contribution is -2.04. The lowest BCUT2D eigenvalue weighted by atomic mass is 10.3. The molecule has 64 valence electrons. The van der Waals surface area contributed by atoms with Crippen molar-refractivity contribution in [1.82, 2.24) is 0 Å². The fourth-order valence-corrected chi connectivity index (χ4v) is 0.671. The van der Waals surface area contributed by atoms with Crippen LogP contribution in [0.1, 0.15) is 13.8 Å². The summed E-state index contributed by atoms with van der Waals surface area (Å²) in [6.07, 6.45) is 0. The first kappa shape index (κ1) is 8.84. The van der Waals surface area contributed by atoms with Gasteiger partial charge in [0.1, 0.15) is 0 Å². The van der Waals surface area contributed by atoms with E-state index in [1.807, 2.05) is 18.2 Å². The molecule has 0 heterocycles. The molecule has 0 spiro atoms. The lowest BCUT2D eigenvalue weighted by molar-refractivity contribution is 0.220. The van der Waals surface area contributed by atoms with Crippen molar-refractivity contribution >= 4 is 5.69 Å². The number of rotatable bonds is 2. The summed E-state index contributed by atoms with van der Waals surface area (Å²) < 4.78 is 12.8. The van der Waals surface area contributed by atoms with Crippen LogP contribution in [0.2, 0.25) is 0 Å². The van der Waals surface area contributed by atoms with E-state index >= 15 is 0 Å². The van der Waals surface area contributed by atoms with Crippen LogP contribution in [0.15, 0.2) is 40.6 Å². The number of nitrogens with zero attached hydrogens (tertiary/aromatic N) is 2. The highest BCUT2D eigenvalue weighted by molar-refractivity contribution is 5.34. The third-order valence-corrected chi connectivity index (χ3v) is 1.16. The summed E-state index contributed by atoms with van der Waals surface area (Å²) in [5, 5.41) is 7.21. The van der Waals surface area contributed by atoms with Crippen molar-refractivity contribution in [2.75, 3.05) is 0 Å². The maximum Gasteiger partial charge on any atom is 0.214 e. The summed E-state index contributed by atoms with van der Waals surface area (Å²) in [4.78, 5) is 0. The molecular weight excluding hydrogens is 155 g/mol. The first-order valence-corrected chi connectivity index (χ1v) is 3.75. The molecule has 0 N–H and O–H groups in total. The molecule has 1 aromatic rings. The minimum Gasteiger partial charge on any atom is -0.217 e. The highest BCUT2D eigenvalue weighted by Gasteiger charge is 2.11. The van der Waals surface area contributed by atoms with E-state index in [-0.39, 0.29) is 0 Å². The van der Waals surface area contributed by atoms with E-state index < -0.39 is 5.79 Å². The second-order valence-corrected chi connectivity index (χ2v) is 2.95. The van der Waals surface area contributed by atoms with Gasteiger partial charge in [0.15, 0.2) is 0 Å². The molecule has 0 fully saturated rings. The second kappa shape index (κ2) is 3.43. The standard InChI is InChI=1S/C9H11FN2/c1-9(2,10)12-11-8-6-4-3-5-7-8/h3-7H,1-2H3/b12-11+. The monoisotopic (exact) mass is 166 g/mol. The largest absolute Gasteiger partial charge is 0.217 e. The summed E-state index contributed by atoms with van der Waals surface area (Å²) in [6.45, 7) is 2.72. The third kappa shape index (κ3) is 3.23. The van der Waals surface area contributed by atoms with Crippen LogP contribution in [-0.4, -0.2) is 5.79 Å². The number of hydrogen-bond acceptors (Lipinski definition) is 2. The zero-order valence-corrected chi connectivity index (χ0v) is 7.16. The van der Waals surface area contributed by atoms with Gasteiger partial charge in [-0.25, -0.2) is 4.39 Å². The fraction of sp³-hybridized carbons (Fsp3) is 0.333. The second-order valence-electron chi connectivity index (χ2n) is 2.95. The molecule has 0 unspecified atom stereocenters. The van der Waals surface area contributed by atoms with E-state index in [4.69, 9.17) is 0 Å². The third-order valence-electron chi connectivity index (χ3n) is 1.16.